The van der Waals surface area contributed by atoms with Crippen LogP contribution >= 0.6 is 0 Å². The topological polar surface area (TPSA) is 73.2 Å². The average molecular weight is 371 g/mol. The maximum Gasteiger partial charge on any atom is 0.263 e. The van der Waals surface area contributed by atoms with Gasteiger partial charge < -0.3 is 4.74 Å². The summed E-state index contributed by atoms with van der Waals surface area (Å²) >= 11 is 0. The number of sulfonamides is 1. The third-order valence-electron chi connectivity index (χ3n) is 4.01. The van der Waals surface area contributed by atoms with Gasteiger partial charge >= 0.3 is 0 Å². The average Bonchev–Trinajstić information content (AvgIpc) is 3.00. The summed E-state index contributed by atoms with van der Waals surface area (Å²) in [4.78, 5) is 0.246. The Balaban J connectivity index is 1.83. The minimum absolute atomic E-state index is 0.246. The van der Waals surface area contributed by atoms with Crippen LogP contribution in [0.4, 0.5) is 5.82 Å². The highest BCUT2D eigenvalue weighted by molar-refractivity contribution is 7.92. The Morgan fingerprint density at radius 2 is 1.73 bits per heavy atom. The highest BCUT2D eigenvalue weighted by Crippen LogP contribution is 2.27. The van der Waals surface area contributed by atoms with Gasteiger partial charge in [0.1, 0.15) is 5.75 Å². The van der Waals surface area contributed by atoms with Crippen molar-refractivity contribution in [2.45, 2.75) is 25.3 Å². The SMILES string of the molecule is COc1cc(C)c(S(=O)(=O)Nc2ccn(Cc3ccccc3)n2)c(C)c1. The van der Waals surface area contributed by atoms with E-state index >= 15 is 0 Å². The Labute approximate surface area is 153 Å². The number of nitrogens with zero attached hydrogens (tertiary/aromatic N) is 2. The fourth-order valence-electron chi connectivity index (χ4n) is 2.92. The molecule has 3 rings (SSSR count). The van der Waals surface area contributed by atoms with Gasteiger partial charge in [-0.1, -0.05) is 30.3 Å². The predicted octanol–water partition coefficient (Wildman–Crippen LogP) is 3.36. The summed E-state index contributed by atoms with van der Waals surface area (Å²) in [5.74, 6) is 0.918. The van der Waals surface area contributed by atoms with Crippen molar-refractivity contribution in [1.82, 2.24) is 9.78 Å². The lowest BCUT2D eigenvalue weighted by Gasteiger charge is -2.13. The van der Waals surface area contributed by atoms with Crippen molar-refractivity contribution in [3.8, 4) is 5.75 Å². The van der Waals surface area contributed by atoms with Crippen LogP contribution in [0.3, 0.4) is 0 Å². The van der Waals surface area contributed by atoms with E-state index in [1.165, 1.54) is 0 Å². The van der Waals surface area contributed by atoms with Gasteiger partial charge in [-0.3, -0.25) is 9.40 Å². The van der Waals surface area contributed by atoms with Crippen molar-refractivity contribution >= 4 is 15.8 Å². The minimum atomic E-state index is -3.74. The van der Waals surface area contributed by atoms with Gasteiger partial charge in [-0.15, -0.1) is 0 Å². The van der Waals surface area contributed by atoms with Crippen molar-refractivity contribution < 1.29 is 13.2 Å². The number of nitrogens with one attached hydrogen (secondary N) is 1. The van der Waals surface area contributed by atoms with E-state index in [4.69, 9.17) is 4.74 Å². The Morgan fingerprint density at radius 1 is 1.08 bits per heavy atom. The van der Waals surface area contributed by atoms with Crippen LogP contribution < -0.4 is 9.46 Å². The summed E-state index contributed by atoms with van der Waals surface area (Å²) in [6, 6.07) is 14.9. The molecule has 1 N–H and O–H groups in total. The summed E-state index contributed by atoms with van der Waals surface area (Å²) < 4.78 is 35.1. The van der Waals surface area contributed by atoms with E-state index in [1.54, 1.807) is 50.0 Å². The fraction of sp³-hybridized carbons (Fsp3) is 0.211. The van der Waals surface area contributed by atoms with Crippen molar-refractivity contribution in [1.29, 1.82) is 0 Å². The van der Waals surface area contributed by atoms with Crippen LogP contribution in [0.2, 0.25) is 0 Å². The van der Waals surface area contributed by atoms with Gasteiger partial charge in [0, 0.05) is 12.3 Å². The molecular formula is C19H21N3O3S. The van der Waals surface area contributed by atoms with Crippen LogP contribution in [0.25, 0.3) is 0 Å². The van der Waals surface area contributed by atoms with E-state index < -0.39 is 10.0 Å². The second-order valence-electron chi connectivity index (χ2n) is 6.08. The molecule has 136 valence electrons. The number of ether oxygens (including phenoxy) is 1. The quantitative estimate of drug-likeness (QED) is 0.721. The number of methoxy groups -OCH3 is 1. The first-order chi connectivity index (χ1) is 12.4. The van der Waals surface area contributed by atoms with Crippen LogP contribution in [-0.2, 0) is 16.6 Å². The molecule has 1 heterocycles. The Hall–Kier alpha value is -2.80. The molecule has 0 saturated carbocycles. The summed E-state index contributed by atoms with van der Waals surface area (Å²) in [7, 11) is -2.18. The zero-order chi connectivity index (χ0) is 18.7. The van der Waals surface area contributed by atoms with E-state index in [0.29, 0.717) is 23.4 Å². The van der Waals surface area contributed by atoms with E-state index in [-0.39, 0.29) is 10.7 Å². The lowest BCUT2D eigenvalue weighted by atomic mass is 10.1. The van der Waals surface area contributed by atoms with Crippen molar-refractivity contribution in [2.75, 3.05) is 11.8 Å². The fourth-order valence-corrected chi connectivity index (χ4v) is 4.37. The second kappa shape index (κ2) is 7.21. The number of aryl methyl sites for hydroxylation is 2. The first-order valence-electron chi connectivity index (χ1n) is 8.14. The molecule has 0 atom stereocenters. The maximum atomic E-state index is 12.8. The summed E-state index contributed by atoms with van der Waals surface area (Å²) in [6.45, 7) is 4.07. The molecule has 6 nitrogen and oxygen atoms in total. The molecule has 0 aliphatic rings. The molecule has 0 fully saturated rings. The molecule has 0 bridgehead atoms. The standard InChI is InChI=1S/C19H21N3O3S/c1-14-11-17(25-3)12-15(2)19(14)26(23,24)21-18-9-10-22(20-18)13-16-7-5-4-6-8-16/h4-12H,13H2,1-3H3,(H,20,21). The summed E-state index contributed by atoms with van der Waals surface area (Å²) in [5, 5.41) is 4.31. The Kier molecular flexibility index (Phi) is 4.99. The number of aromatic nitrogens is 2. The highest BCUT2D eigenvalue weighted by atomic mass is 32.2. The lowest BCUT2D eigenvalue weighted by Crippen LogP contribution is -2.16. The Morgan fingerprint density at radius 3 is 2.35 bits per heavy atom. The largest absolute Gasteiger partial charge is 0.497 e. The Bertz CT molecular complexity index is 989. The molecule has 0 unspecified atom stereocenters. The third-order valence-corrected chi connectivity index (χ3v) is 5.66. The van der Waals surface area contributed by atoms with E-state index in [1.807, 2.05) is 30.3 Å². The maximum absolute atomic E-state index is 12.8. The molecule has 7 heteroatoms. The van der Waals surface area contributed by atoms with Gasteiger partial charge in [-0.05, 0) is 42.7 Å². The van der Waals surface area contributed by atoms with Crippen LogP contribution in [-0.4, -0.2) is 25.3 Å². The molecule has 2 aromatic carbocycles. The molecule has 3 aromatic rings. The first-order valence-corrected chi connectivity index (χ1v) is 9.63. The smallest absolute Gasteiger partial charge is 0.263 e. The molecule has 26 heavy (non-hydrogen) atoms. The number of benzene rings is 2. The van der Waals surface area contributed by atoms with Crippen LogP contribution in [0.15, 0.2) is 59.6 Å². The zero-order valence-corrected chi connectivity index (χ0v) is 15.7. The van der Waals surface area contributed by atoms with Gasteiger partial charge in [-0.25, -0.2) is 8.42 Å². The number of hydrogen-bond acceptors (Lipinski definition) is 4. The normalized spacial score (nSPS) is 11.3. The molecule has 0 aliphatic heterocycles. The molecule has 0 aliphatic carbocycles. The molecule has 0 spiro atoms. The van der Waals surface area contributed by atoms with Gasteiger partial charge in [0.15, 0.2) is 5.82 Å². The molecule has 0 radical (unpaired) electrons. The second-order valence-corrected chi connectivity index (χ2v) is 7.70. The number of hydrogen-bond donors (Lipinski definition) is 1. The van der Waals surface area contributed by atoms with Crippen molar-refractivity contribution in [3.63, 3.8) is 0 Å². The van der Waals surface area contributed by atoms with E-state index in [9.17, 15) is 8.42 Å². The zero-order valence-electron chi connectivity index (χ0n) is 14.9. The monoisotopic (exact) mass is 371 g/mol. The van der Waals surface area contributed by atoms with Gasteiger partial charge in [0.2, 0.25) is 0 Å². The number of rotatable bonds is 6. The first kappa shape index (κ1) is 18.0. The summed E-state index contributed by atoms with van der Waals surface area (Å²) in [5.41, 5.74) is 2.34. The van der Waals surface area contributed by atoms with Gasteiger partial charge in [0.05, 0.1) is 18.6 Å². The van der Waals surface area contributed by atoms with Crippen molar-refractivity contribution in [2.24, 2.45) is 0 Å². The van der Waals surface area contributed by atoms with E-state index in [2.05, 4.69) is 9.82 Å². The highest BCUT2D eigenvalue weighted by Gasteiger charge is 2.21. The summed E-state index contributed by atoms with van der Waals surface area (Å²) in [6.07, 6.45) is 1.75. The molecule has 0 saturated heterocycles. The van der Waals surface area contributed by atoms with E-state index in [0.717, 1.165) is 5.56 Å². The molecule has 1 aromatic heterocycles. The lowest BCUT2D eigenvalue weighted by molar-refractivity contribution is 0.413. The van der Waals surface area contributed by atoms with Gasteiger partial charge in [0.25, 0.3) is 10.0 Å². The van der Waals surface area contributed by atoms with Gasteiger partial charge in [-0.2, -0.15) is 5.10 Å². The van der Waals surface area contributed by atoms with Crippen LogP contribution in [0, 0.1) is 13.8 Å². The minimum Gasteiger partial charge on any atom is -0.497 e. The number of anilines is 1. The molecule has 0 amide bonds. The van der Waals surface area contributed by atoms with Crippen LogP contribution in [0.1, 0.15) is 16.7 Å². The third kappa shape index (κ3) is 3.88. The molecular weight excluding hydrogens is 350 g/mol. The van der Waals surface area contributed by atoms with Crippen molar-refractivity contribution in [3.05, 3.63) is 71.4 Å². The predicted molar refractivity (Wildman–Crippen MR) is 101 cm³/mol. The van der Waals surface area contributed by atoms with Crippen LogP contribution in [0.5, 0.6) is 5.75 Å².